The number of amides is 1. The van der Waals surface area contributed by atoms with Gasteiger partial charge in [0.2, 0.25) is 5.91 Å². The highest BCUT2D eigenvalue weighted by atomic mass is 16.5. The van der Waals surface area contributed by atoms with E-state index < -0.39 is 0 Å². The number of carbonyl (C=O) groups excluding carboxylic acids is 1. The number of nitrogens with zero attached hydrogens (tertiary/aromatic N) is 1. The molecule has 150 valence electrons. The molecule has 0 aromatic heterocycles. The van der Waals surface area contributed by atoms with E-state index in [1.54, 1.807) is 7.05 Å². The summed E-state index contributed by atoms with van der Waals surface area (Å²) in [6.07, 6.45) is 2.74. The van der Waals surface area contributed by atoms with E-state index in [0.717, 1.165) is 32.0 Å². The molecule has 0 bridgehead atoms. The quantitative estimate of drug-likeness (QED) is 0.506. The first-order chi connectivity index (χ1) is 13.0. The van der Waals surface area contributed by atoms with Crippen molar-refractivity contribution in [3.8, 4) is 0 Å². The Hall–Kier alpha value is -2.08. The molecule has 6 heteroatoms. The molecule has 27 heavy (non-hydrogen) atoms. The number of carbonyl (C=O) groups is 1. The maximum absolute atomic E-state index is 11.7. The topological polar surface area (TPSA) is 74.8 Å². The first-order valence-electron chi connectivity index (χ1n) is 9.91. The van der Waals surface area contributed by atoms with Gasteiger partial charge in [-0.05, 0) is 39.2 Å². The molecule has 6 nitrogen and oxygen atoms in total. The highest BCUT2D eigenvalue weighted by molar-refractivity contribution is 5.81. The molecule has 0 saturated carbocycles. The SMILES string of the molecule is CN=C(NCCC(=O)NC(C)C)NCC1CCCOC1c1ccc(C)cc1. The Kier molecular flexibility index (Phi) is 8.58. The van der Waals surface area contributed by atoms with E-state index in [-0.39, 0.29) is 18.1 Å². The molecule has 0 spiro atoms. The van der Waals surface area contributed by atoms with Crippen molar-refractivity contribution in [2.75, 3.05) is 26.7 Å². The number of aliphatic imine (C=N–C) groups is 1. The van der Waals surface area contributed by atoms with E-state index in [4.69, 9.17) is 4.74 Å². The van der Waals surface area contributed by atoms with Crippen molar-refractivity contribution in [3.05, 3.63) is 35.4 Å². The van der Waals surface area contributed by atoms with Gasteiger partial charge in [-0.15, -0.1) is 0 Å². The van der Waals surface area contributed by atoms with Crippen LogP contribution in [0.4, 0.5) is 0 Å². The Balaban J connectivity index is 1.82. The summed E-state index contributed by atoms with van der Waals surface area (Å²) in [5.41, 5.74) is 2.50. The Morgan fingerprint density at radius 3 is 2.67 bits per heavy atom. The van der Waals surface area contributed by atoms with Gasteiger partial charge in [0.25, 0.3) is 0 Å². The summed E-state index contributed by atoms with van der Waals surface area (Å²) >= 11 is 0. The lowest BCUT2D eigenvalue weighted by atomic mass is 9.89. The van der Waals surface area contributed by atoms with Gasteiger partial charge in [-0.3, -0.25) is 9.79 Å². The van der Waals surface area contributed by atoms with Crippen LogP contribution in [0.5, 0.6) is 0 Å². The van der Waals surface area contributed by atoms with Crippen molar-refractivity contribution in [3.63, 3.8) is 0 Å². The third-order valence-corrected chi connectivity index (χ3v) is 4.70. The third kappa shape index (κ3) is 7.21. The van der Waals surface area contributed by atoms with Crippen molar-refractivity contribution >= 4 is 11.9 Å². The summed E-state index contributed by atoms with van der Waals surface area (Å²) in [7, 11) is 1.75. The van der Waals surface area contributed by atoms with E-state index >= 15 is 0 Å². The highest BCUT2D eigenvalue weighted by Crippen LogP contribution is 2.33. The zero-order valence-corrected chi connectivity index (χ0v) is 17.0. The van der Waals surface area contributed by atoms with Crippen molar-refractivity contribution in [1.29, 1.82) is 0 Å². The molecular formula is C21H34N4O2. The number of benzene rings is 1. The van der Waals surface area contributed by atoms with Crippen LogP contribution in [-0.4, -0.2) is 44.7 Å². The van der Waals surface area contributed by atoms with Crippen LogP contribution in [0, 0.1) is 12.8 Å². The molecule has 2 atom stereocenters. The van der Waals surface area contributed by atoms with Crippen LogP contribution < -0.4 is 16.0 Å². The third-order valence-electron chi connectivity index (χ3n) is 4.70. The molecule has 2 rings (SSSR count). The van der Waals surface area contributed by atoms with E-state index in [0.29, 0.717) is 18.9 Å². The second-order valence-corrected chi connectivity index (χ2v) is 7.46. The van der Waals surface area contributed by atoms with Gasteiger partial charge in [0, 0.05) is 45.1 Å². The monoisotopic (exact) mass is 374 g/mol. The van der Waals surface area contributed by atoms with E-state index in [1.165, 1.54) is 11.1 Å². The van der Waals surface area contributed by atoms with Crippen LogP contribution in [0.15, 0.2) is 29.3 Å². The first-order valence-corrected chi connectivity index (χ1v) is 9.91. The number of hydrogen-bond donors (Lipinski definition) is 3. The lowest BCUT2D eigenvalue weighted by Crippen LogP contribution is -2.43. The Labute approximate surface area is 163 Å². The van der Waals surface area contributed by atoms with E-state index in [1.807, 2.05) is 13.8 Å². The average Bonchev–Trinajstić information content (AvgIpc) is 2.65. The zero-order valence-electron chi connectivity index (χ0n) is 17.0. The van der Waals surface area contributed by atoms with Crippen LogP contribution in [0.3, 0.4) is 0 Å². The van der Waals surface area contributed by atoms with Gasteiger partial charge < -0.3 is 20.7 Å². The normalized spacial score (nSPS) is 20.4. The fourth-order valence-electron chi connectivity index (χ4n) is 3.31. The predicted molar refractivity (Wildman–Crippen MR) is 110 cm³/mol. The van der Waals surface area contributed by atoms with Crippen LogP contribution in [0.25, 0.3) is 0 Å². The summed E-state index contributed by atoms with van der Waals surface area (Å²) in [6, 6.07) is 8.78. The largest absolute Gasteiger partial charge is 0.373 e. The minimum absolute atomic E-state index is 0.0491. The molecule has 1 saturated heterocycles. The van der Waals surface area contributed by atoms with Crippen molar-refractivity contribution in [2.24, 2.45) is 10.9 Å². The van der Waals surface area contributed by atoms with Gasteiger partial charge >= 0.3 is 0 Å². The van der Waals surface area contributed by atoms with Crippen molar-refractivity contribution < 1.29 is 9.53 Å². The van der Waals surface area contributed by atoms with Gasteiger partial charge in [0.05, 0.1) is 6.10 Å². The number of nitrogens with one attached hydrogen (secondary N) is 3. The molecule has 1 fully saturated rings. The Morgan fingerprint density at radius 2 is 2.00 bits per heavy atom. The Bertz CT molecular complexity index is 613. The standard InChI is InChI=1S/C21H34N4O2/c1-15(2)25-19(26)11-12-23-21(22-4)24-14-18-6-5-13-27-20(18)17-9-7-16(3)8-10-17/h7-10,15,18,20H,5-6,11-14H2,1-4H3,(H,25,26)(H2,22,23,24). The smallest absolute Gasteiger partial charge is 0.221 e. The van der Waals surface area contributed by atoms with Crippen LogP contribution in [0.1, 0.15) is 50.3 Å². The minimum Gasteiger partial charge on any atom is -0.373 e. The molecule has 1 aromatic carbocycles. The highest BCUT2D eigenvalue weighted by Gasteiger charge is 2.27. The lowest BCUT2D eigenvalue weighted by molar-refractivity contribution is -0.121. The number of aryl methyl sites for hydroxylation is 1. The van der Waals surface area contributed by atoms with Crippen LogP contribution >= 0.6 is 0 Å². The van der Waals surface area contributed by atoms with Gasteiger partial charge in [-0.25, -0.2) is 0 Å². The van der Waals surface area contributed by atoms with Crippen LogP contribution in [0.2, 0.25) is 0 Å². The molecular weight excluding hydrogens is 340 g/mol. The number of hydrogen-bond acceptors (Lipinski definition) is 3. The average molecular weight is 375 g/mol. The second kappa shape index (κ2) is 10.9. The molecule has 1 aliphatic heterocycles. The predicted octanol–water partition coefficient (Wildman–Crippen LogP) is 2.54. The van der Waals surface area contributed by atoms with Crippen molar-refractivity contribution in [2.45, 2.75) is 52.2 Å². The van der Waals surface area contributed by atoms with Gasteiger partial charge in [0.15, 0.2) is 5.96 Å². The summed E-state index contributed by atoms with van der Waals surface area (Å²) in [6.45, 7) is 8.18. The molecule has 2 unspecified atom stereocenters. The first kappa shape index (κ1) is 21.2. The summed E-state index contributed by atoms with van der Waals surface area (Å²) < 4.78 is 6.08. The summed E-state index contributed by atoms with van der Waals surface area (Å²) in [5.74, 6) is 1.16. The van der Waals surface area contributed by atoms with Gasteiger partial charge in [-0.2, -0.15) is 0 Å². The second-order valence-electron chi connectivity index (χ2n) is 7.46. The lowest BCUT2D eigenvalue weighted by Gasteiger charge is -2.32. The molecule has 0 aliphatic carbocycles. The zero-order chi connectivity index (χ0) is 19.6. The minimum atomic E-state index is 0.0491. The molecule has 1 amide bonds. The Morgan fingerprint density at radius 1 is 1.26 bits per heavy atom. The molecule has 0 radical (unpaired) electrons. The maximum Gasteiger partial charge on any atom is 0.221 e. The maximum atomic E-state index is 11.7. The van der Waals surface area contributed by atoms with Crippen LogP contribution in [-0.2, 0) is 9.53 Å². The van der Waals surface area contributed by atoms with Crippen molar-refractivity contribution in [1.82, 2.24) is 16.0 Å². The summed E-state index contributed by atoms with van der Waals surface area (Å²) in [4.78, 5) is 16.0. The fourth-order valence-corrected chi connectivity index (χ4v) is 3.31. The fraction of sp³-hybridized carbons (Fsp3) is 0.619. The molecule has 1 aromatic rings. The van der Waals surface area contributed by atoms with E-state index in [9.17, 15) is 4.79 Å². The number of guanidine groups is 1. The number of rotatable bonds is 7. The van der Waals surface area contributed by atoms with Gasteiger partial charge in [-0.1, -0.05) is 29.8 Å². The molecule has 1 aliphatic rings. The van der Waals surface area contributed by atoms with Gasteiger partial charge in [0.1, 0.15) is 0 Å². The summed E-state index contributed by atoms with van der Waals surface area (Å²) in [5, 5.41) is 9.49. The van der Waals surface area contributed by atoms with E-state index in [2.05, 4.69) is 52.1 Å². The number of ether oxygens (including phenoxy) is 1. The molecule has 1 heterocycles. The molecule has 3 N–H and O–H groups in total.